The molecular formula is C19H23ClN6O. The fourth-order valence-electron chi connectivity index (χ4n) is 3.00. The van der Waals surface area contributed by atoms with E-state index in [2.05, 4.69) is 25.3 Å². The van der Waals surface area contributed by atoms with Crippen LogP contribution in [-0.2, 0) is 4.79 Å². The van der Waals surface area contributed by atoms with E-state index in [1.807, 2.05) is 33.8 Å². The first-order valence-electron chi connectivity index (χ1n) is 8.89. The summed E-state index contributed by atoms with van der Waals surface area (Å²) in [5.74, 6) is 1.13. The van der Waals surface area contributed by atoms with Crippen LogP contribution in [-0.4, -0.2) is 49.4 Å². The fraction of sp³-hybridized carbons (Fsp3) is 0.368. The van der Waals surface area contributed by atoms with E-state index in [0.29, 0.717) is 35.4 Å². The number of hydrogen-bond donors (Lipinski definition) is 2. The molecule has 0 aliphatic carbocycles. The third-order valence-electron chi connectivity index (χ3n) is 4.42. The summed E-state index contributed by atoms with van der Waals surface area (Å²) < 4.78 is 0. The molecule has 0 saturated carbocycles. The Morgan fingerprint density at radius 3 is 2.74 bits per heavy atom. The largest absolute Gasteiger partial charge is 0.356 e. The van der Waals surface area contributed by atoms with E-state index >= 15 is 0 Å². The normalized spacial score (nSPS) is 11.6. The summed E-state index contributed by atoms with van der Waals surface area (Å²) in [6.07, 6.45) is 5.06. The van der Waals surface area contributed by atoms with Gasteiger partial charge in [-0.3, -0.25) is 4.79 Å². The predicted octanol–water partition coefficient (Wildman–Crippen LogP) is 3.73. The molecule has 7 nitrogen and oxygen atoms in total. The topological polar surface area (TPSA) is 86.8 Å². The van der Waals surface area contributed by atoms with Crippen LogP contribution < -0.4 is 5.32 Å². The van der Waals surface area contributed by atoms with E-state index in [9.17, 15) is 4.79 Å². The average Bonchev–Trinajstić information content (AvgIpc) is 3.05. The van der Waals surface area contributed by atoms with Gasteiger partial charge in [0.2, 0.25) is 5.91 Å². The van der Waals surface area contributed by atoms with E-state index in [1.54, 1.807) is 29.6 Å². The van der Waals surface area contributed by atoms with Crippen LogP contribution in [0.15, 0.2) is 30.7 Å². The first-order valence-corrected chi connectivity index (χ1v) is 9.27. The number of carbonyl (C=O) groups excluding carboxylic acids is 1. The summed E-state index contributed by atoms with van der Waals surface area (Å²) in [5.41, 5.74) is 0.729. The van der Waals surface area contributed by atoms with Crippen LogP contribution in [0.2, 0.25) is 5.02 Å². The van der Waals surface area contributed by atoms with Crippen LogP contribution in [0.3, 0.4) is 0 Å². The lowest BCUT2D eigenvalue weighted by Crippen LogP contribution is -2.50. The third kappa shape index (κ3) is 3.88. The van der Waals surface area contributed by atoms with Gasteiger partial charge in [-0.25, -0.2) is 15.0 Å². The molecule has 1 amide bonds. The first kappa shape index (κ1) is 19.1. The van der Waals surface area contributed by atoms with Crippen molar-refractivity contribution in [3.05, 3.63) is 35.7 Å². The van der Waals surface area contributed by atoms with Crippen LogP contribution in [0, 0.1) is 0 Å². The molecule has 3 aromatic rings. The second-order valence-corrected chi connectivity index (χ2v) is 7.18. The third-order valence-corrected chi connectivity index (χ3v) is 4.63. The molecule has 0 aromatic carbocycles. The zero-order valence-corrected chi connectivity index (χ0v) is 16.6. The molecule has 0 unspecified atom stereocenters. The van der Waals surface area contributed by atoms with Gasteiger partial charge in [0.1, 0.15) is 17.0 Å². The number of nitrogens with one attached hydrogen (secondary N) is 2. The minimum absolute atomic E-state index is 0.0238. The molecule has 3 heterocycles. The lowest BCUT2D eigenvalue weighted by atomic mass is 10.0. The van der Waals surface area contributed by atoms with Crippen molar-refractivity contribution in [1.82, 2.24) is 24.8 Å². The molecule has 0 bridgehead atoms. The summed E-state index contributed by atoms with van der Waals surface area (Å²) in [7, 11) is 0. The number of nitrogens with zero attached hydrogens (tertiary/aromatic N) is 4. The van der Waals surface area contributed by atoms with E-state index in [0.717, 1.165) is 10.9 Å². The van der Waals surface area contributed by atoms with Crippen molar-refractivity contribution in [3.8, 4) is 11.4 Å². The number of aromatic nitrogens is 4. The zero-order chi connectivity index (χ0) is 19.6. The highest BCUT2D eigenvalue weighted by Crippen LogP contribution is 2.28. The maximum atomic E-state index is 12.7. The van der Waals surface area contributed by atoms with Gasteiger partial charge in [-0.05, 0) is 39.8 Å². The van der Waals surface area contributed by atoms with E-state index < -0.39 is 5.54 Å². The lowest BCUT2D eigenvalue weighted by Gasteiger charge is -2.31. The molecule has 0 aliphatic heterocycles. The molecule has 0 spiro atoms. The SMILES string of the molecule is CCN(CC)C(=O)C(C)(C)Nc1ccnc(-c2c[nH]c3ncc(Cl)cc23)n1. The van der Waals surface area contributed by atoms with Crippen molar-refractivity contribution in [2.24, 2.45) is 0 Å². The van der Waals surface area contributed by atoms with Gasteiger partial charge in [0.25, 0.3) is 0 Å². The minimum atomic E-state index is -0.789. The summed E-state index contributed by atoms with van der Waals surface area (Å²) in [6.45, 7) is 8.97. The van der Waals surface area contributed by atoms with Gasteiger partial charge in [-0.15, -0.1) is 0 Å². The number of hydrogen-bond acceptors (Lipinski definition) is 5. The van der Waals surface area contributed by atoms with E-state index in [-0.39, 0.29) is 5.91 Å². The quantitative estimate of drug-likeness (QED) is 0.674. The second kappa shape index (κ2) is 7.52. The predicted molar refractivity (Wildman–Crippen MR) is 108 cm³/mol. The Bertz CT molecular complexity index is 964. The second-order valence-electron chi connectivity index (χ2n) is 6.74. The van der Waals surface area contributed by atoms with Gasteiger partial charge in [0, 0.05) is 42.6 Å². The number of fused-ring (bicyclic) bond motifs is 1. The summed E-state index contributed by atoms with van der Waals surface area (Å²) in [4.78, 5) is 30.9. The molecule has 0 atom stereocenters. The van der Waals surface area contributed by atoms with Gasteiger partial charge < -0.3 is 15.2 Å². The Kier molecular flexibility index (Phi) is 5.32. The van der Waals surface area contributed by atoms with Crippen molar-refractivity contribution in [2.45, 2.75) is 33.2 Å². The van der Waals surface area contributed by atoms with Crippen molar-refractivity contribution < 1.29 is 4.79 Å². The Morgan fingerprint density at radius 1 is 1.30 bits per heavy atom. The van der Waals surface area contributed by atoms with Gasteiger partial charge in [-0.2, -0.15) is 0 Å². The molecule has 0 saturated heterocycles. The van der Waals surface area contributed by atoms with Gasteiger partial charge >= 0.3 is 0 Å². The molecule has 142 valence electrons. The van der Waals surface area contributed by atoms with Gasteiger partial charge in [0.15, 0.2) is 5.82 Å². The molecule has 0 radical (unpaired) electrons. The van der Waals surface area contributed by atoms with Crippen LogP contribution in [0.4, 0.5) is 5.82 Å². The van der Waals surface area contributed by atoms with Crippen molar-refractivity contribution in [1.29, 1.82) is 0 Å². The van der Waals surface area contributed by atoms with Crippen LogP contribution >= 0.6 is 11.6 Å². The number of halogens is 1. The number of carbonyl (C=O) groups is 1. The highest BCUT2D eigenvalue weighted by atomic mass is 35.5. The Balaban J connectivity index is 1.91. The van der Waals surface area contributed by atoms with Gasteiger partial charge in [-0.1, -0.05) is 11.6 Å². The zero-order valence-electron chi connectivity index (χ0n) is 15.9. The highest BCUT2D eigenvalue weighted by Gasteiger charge is 2.31. The van der Waals surface area contributed by atoms with Gasteiger partial charge in [0.05, 0.1) is 5.02 Å². The van der Waals surface area contributed by atoms with Crippen LogP contribution in [0.25, 0.3) is 22.4 Å². The number of likely N-dealkylation sites (N-methyl/N-ethyl adjacent to an activating group) is 1. The molecule has 27 heavy (non-hydrogen) atoms. The molecule has 2 N–H and O–H groups in total. The number of anilines is 1. The first-order chi connectivity index (χ1) is 12.9. The van der Waals surface area contributed by atoms with Crippen molar-refractivity contribution in [3.63, 3.8) is 0 Å². The summed E-state index contributed by atoms with van der Waals surface area (Å²) >= 11 is 6.07. The minimum Gasteiger partial charge on any atom is -0.356 e. The standard InChI is InChI=1S/C19H23ClN6O/c1-5-26(6-2)18(27)19(3,4)25-15-7-8-21-17(24-15)14-11-23-16-13(14)9-12(20)10-22-16/h7-11H,5-6H2,1-4H3,(H,22,23)(H,21,24,25). The van der Waals surface area contributed by atoms with Crippen molar-refractivity contribution in [2.75, 3.05) is 18.4 Å². The van der Waals surface area contributed by atoms with Crippen LogP contribution in [0.1, 0.15) is 27.7 Å². The molecular weight excluding hydrogens is 364 g/mol. The molecule has 3 rings (SSSR count). The molecule has 3 aromatic heterocycles. The van der Waals surface area contributed by atoms with Crippen LogP contribution in [0.5, 0.6) is 0 Å². The molecule has 0 fully saturated rings. The lowest BCUT2D eigenvalue weighted by molar-refractivity contribution is -0.134. The molecule has 0 aliphatic rings. The Hall–Kier alpha value is -2.67. The van der Waals surface area contributed by atoms with E-state index in [1.165, 1.54) is 0 Å². The van der Waals surface area contributed by atoms with E-state index in [4.69, 9.17) is 11.6 Å². The summed E-state index contributed by atoms with van der Waals surface area (Å²) in [5, 5.41) is 4.63. The number of pyridine rings is 1. The average molecular weight is 387 g/mol. The van der Waals surface area contributed by atoms with Crippen molar-refractivity contribution >= 4 is 34.4 Å². The summed E-state index contributed by atoms with van der Waals surface area (Å²) in [6, 6.07) is 3.58. The fourth-order valence-corrected chi connectivity index (χ4v) is 3.16. The number of rotatable bonds is 6. The Labute approximate surface area is 163 Å². The highest BCUT2D eigenvalue weighted by molar-refractivity contribution is 6.31. The molecule has 8 heteroatoms. The smallest absolute Gasteiger partial charge is 0.247 e. The Morgan fingerprint density at radius 2 is 2.04 bits per heavy atom. The maximum Gasteiger partial charge on any atom is 0.247 e. The maximum absolute atomic E-state index is 12.7. The number of aromatic amines is 1. The monoisotopic (exact) mass is 386 g/mol. The number of amides is 1. The number of H-pyrrole nitrogens is 1.